The van der Waals surface area contributed by atoms with Crippen LogP contribution in [0.15, 0.2) is 48.9 Å². The molecule has 2 aromatic heterocycles. The Hall–Kier alpha value is -3.09. The van der Waals surface area contributed by atoms with Gasteiger partial charge in [0.15, 0.2) is 5.82 Å². The molecule has 0 aliphatic carbocycles. The third kappa shape index (κ3) is 3.62. The fraction of sp³-hybridized carbons (Fsp3) is 0.235. The lowest BCUT2D eigenvalue weighted by Gasteiger charge is -2.05. The van der Waals surface area contributed by atoms with Gasteiger partial charge >= 0.3 is 5.97 Å². The molecule has 0 bridgehead atoms. The first-order chi connectivity index (χ1) is 11.7. The molecule has 7 nitrogen and oxygen atoms in total. The van der Waals surface area contributed by atoms with E-state index in [1.165, 1.54) is 0 Å². The van der Waals surface area contributed by atoms with Gasteiger partial charge in [0.1, 0.15) is 5.56 Å². The first-order valence-electron chi connectivity index (χ1n) is 7.71. The number of nitrogens with zero attached hydrogens (tertiary/aromatic N) is 4. The topological polar surface area (TPSA) is 88.0 Å². The van der Waals surface area contributed by atoms with Crippen molar-refractivity contribution in [2.45, 2.75) is 20.0 Å². The van der Waals surface area contributed by atoms with Crippen molar-refractivity contribution in [3.05, 3.63) is 65.6 Å². The summed E-state index contributed by atoms with van der Waals surface area (Å²) in [6.07, 6.45) is 5.31. The van der Waals surface area contributed by atoms with Crippen LogP contribution in [-0.2, 0) is 17.8 Å². The zero-order chi connectivity index (χ0) is 16.9. The summed E-state index contributed by atoms with van der Waals surface area (Å²) in [5.74, 6) is -0.264. The van der Waals surface area contributed by atoms with Crippen LogP contribution < -0.4 is 5.73 Å². The van der Waals surface area contributed by atoms with Crippen molar-refractivity contribution in [2.75, 3.05) is 12.3 Å². The molecular formula is C17H19N5O2. The maximum Gasteiger partial charge on any atom is 0.343 e. The molecule has 0 radical (unpaired) electrons. The van der Waals surface area contributed by atoms with Crippen molar-refractivity contribution in [2.24, 2.45) is 0 Å². The Labute approximate surface area is 139 Å². The van der Waals surface area contributed by atoms with Crippen molar-refractivity contribution >= 4 is 11.8 Å². The van der Waals surface area contributed by atoms with E-state index in [-0.39, 0.29) is 5.82 Å². The number of anilines is 1. The number of aromatic nitrogens is 4. The van der Waals surface area contributed by atoms with Gasteiger partial charge in [0.25, 0.3) is 0 Å². The van der Waals surface area contributed by atoms with E-state index in [9.17, 15) is 4.79 Å². The Morgan fingerprint density at radius 1 is 1.17 bits per heavy atom. The zero-order valence-electron chi connectivity index (χ0n) is 13.4. The normalized spacial score (nSPS) is 10.7. The molecule has 0 amide bonds. The molecule has 0 saturated carbocycles. The van der Waals surface area contributed by atoms with Gasteiger partial charge in [0, 0.05) is 18.6 Å². The molecule has 3 aromatic rings. The number of carbonyl (C=O) groups is 1. The molecule has 0 unspecified atom stereocenters. The molecular weight excluding hydrogens is 306 g/mol. The summed E-state index contributed by atoms with van der Waals surface area (Å²) in [7, 11) is 0. The number of rotatable bonds is 6. The quantitative estimate of drug-likeness (QED) is 0.700. The summed E-state index contributed by atoms with van der Waals surface area (Å²) in [6, 6.07) is 10.1. The number of esters is 1. The summed E-state index contributed by atoms with van der Waals surface area (Å²) in [5, 5.41) is 8.36. The van der Waals surface area contributed by atoms with Crippen LogP contribution in [-0.4, -0.2) is 32.1 Å². The van der Waals surface area contributed by atoms with Gasteiger partial charge in [0.2, 0.25) is 0 Å². The van der Waals surface area contributed by atoms with Gasteiger partial charge in [-0.3, -0.25) is 9.36 Å². The van der Waals surface area contributed by atoms with E-state index in [0.717, 1.165) is 17.7 Å². The predicted molar refractivity (Wildman–Crippen MR) is 89.5 cm³/mol. The van der Waals surface area contributed by atoms with Crippen LogP contribution in [0.25, 0.3) is 0 Å². The number of nitrogens with two attached hydrogens (primary N) is 1. The fourth-order valence-corrected chi connectivity index (χ4v) is 2.40. The molecule has 1 aromatic carbocycles. The van der Waals surface area contributed by atoms with E-state index < -0.39 is 5.97 Å². The van der Waals surface area contributed by atoms with Crippen LogP contribution in [0.1, 0.15) is 28.4 Å². The smallest absolute Gasteiger partial charge is 0.343 e. The van der Waals surface area contributed by atoms with Gasteiger partial charge < -0.3 is 10.5 Å². The molecule has 0 saturated heterocycles. The standard InChI is InChI=1S/C17H19N5O2/c1-2-24-17(23)15-12-22(20-16(15)18)11-14-6-4-13(5-7-14)10-21-9-3-8-19-21/h3-9,12H,2,10-11H2,1H3,(H2,18,20). The third-order valence-electron chi connectivity index (χ3n) is 3.56. The van der Waals surface area contributed by atoms with Crippen molar-refractivity contribution in [3.63, 3.8) is 0 Å². The molecule has 0 fully saturated rings. The van der Waals surface area contributed by atoms with E-state index in [1.54, 1.807) is 24.0 Å². The highest BCUT2D eigenvalue weighted by atomic mass is 16.5. The summed E-state index contributed by atoms with van der Waals surface area (Å²) < 4.78 is 8.47. The van der Waals surface area contributed by atoms with Gasteiger partial charge in [0.05, 0.1) is 19.7 Å². The van der Waals surface area contributed by atoms with Crippen LogP contribution >= 0.6 is 0 Å². The van der Waals surface area contributed by atoms with Crippen molar-refractivity contribution in [3.8, 4) is 0 Å². The van der Waals surface area contributed by atoms with Crippen LogP contribution in [0, 0.1) is 0 Å². The second-order valence-electron chi connectivity index (χ2n) is 5.37. The van der Waals surface area contributed by atoms with E-state index >= 15 is 0 Å². The predicted octanol–water partition coefficient (Wildman–Crippen LogP) is 1.94. The maximum atomic E-state index is 11.8. The zero-order valence-corrected chi connectivity index (χ0v) is 13.4. The molecule has 7 heteroatoms. The second-order valence-corrected chi connectivity index (χ2v) is 5.37. The Bertz CT molecular complexity index is 806. The van der Waals surface area contributed by atoms with E-state index in [2.05, 4.69) is 22.3 Å². The average Bonchev–Trinajstić information content (AvgIpc) is 3.19. The number of ether oxygens (including phenoxy) is 1. The van der Waals surface area contributed by atoms with Gasteiger partial charge in [-0.05, 0) is 24.1 Å². The van der Waals surface area contributed by atoms with Crippen molar-refractivity contribution in [1.29, 1.82) is 0 Å². The fourth-order valence-electron chi connectivity index (χ4n) is 2.40. The molecule has 0 aliphatic heterocycles. The molecule has 0 atom stereocenters. The number of hydrogen-bond donors (Lipinski definition) is 1. The molecule has 24 heavy (non-hydrogen) atoms. The minimum absolute atomic E-state index is 0.184. The summed E-state index contributed by atoms with van der Waals surface area (Å²) in [5.41, 5.74) is 8.31. The molecule has 2 N–H and O–H groups in total. The number of nitrogen functional groups attached to an aromatic ring is 1. The highest BCUT2D eigenvalue weighted by Crippen LogP contribution is 2.13. The first-order valence-corrected chi connectivity index (χ1v) is 7.71. The highest BCUT2D eigenvalue weighted by Gasteiger charge is 2.15. The molecule has 0 aliphatic rings. The Kier molecular flexibility index (Phi) is 4.60. The lowest BCUT2D eigenvalue weighted by Crippen LogP contribution is -2.06. The Morgan fingerprint density at radius 2 is 1.83 bits per heavy atom. The third-order valence-corrected chi connectivity index (χ3v) is 3.56. The number of carbonyl (C=O) groups excluding carboxylic acids is 1. The van der Waals surface area contributed by atoms with E-state index in [1.807, 2.05) is 29.1 Å². The monoisotopic (exact) mass is 325 g/mol. The van der Waals surface area contributed by atoms with Gasteiger partial charge in [-0.1, -0.05) is 24.3 Å². The second kappa shape index (κ2) is 6.99. The van der Waals surface area contributed by atoms with Gasteiger partial charge in [-0.15, -0.1) is 0 Å². The summed E-state index contributed by atoms with van der Waals surface area (Å²) in [4.78, 5) is 11.8. The van der Waals surface area contributed by atoms with Gasteiger partial charge in [-0.2, -0.15) is 10.2 Å². The molecule has 0 spiro atoms. The number of hydrogen-bond acceptors (Lipinski definition) is 5. The Morgan fingerprint density at radius 3 is 2.42 bits per heavy atom. The number of benzene rings is 1. The van der Waals surface area contributed by atoms with Crippen LogP contribution in [0.3, 0.4) is 0 Å². The lowest BCUT2D eigenvalue weighted by atomic mass is 10.1. The largest absolute Gasteiger partial charge is 0.462 e. The average molecular weight is 325 g/mol. The summed E-state index contributed by atoms with van der Waals surface area (Å²) in [6.45, 7) is 3.32. The molecule has 2 heterocycles. The molecule has 3 rings (SSSR count). The summed E-state index contributed by atoms with van der Waals surface area (Å²) >= 11 is 0. The van der Waals surface area contributed by atoms with E-state index in [4.69, 9.17) is 10.5 Å². The SMILES string of the molecule is CCOC(=O)c1cn(Cc2ccc(Cn3cccn3)cc2)nc1N. The van der Waals surface area contributed by atoms with Crippen molar-refractivity contribution < 1.29 is 9.53 Å². The minimum atomic E-state index is -0.448. The minimum Gasteiger partial charge on any atom is -0.462 e. The molecule has 124 valence electrons. The Balaban J connectivity index is 1.68. The van der Waals surface area contributed by atoms with Crippen LogP contribution in [0.5, 0.6) is 0 Å². The van der Waals surface area contributed by atoms with Crippen molar-refractivity contribution in [1.82, 2.24) is 19.6 Å². The van der Waals surface area contributed by atoms with Gasteiger partial charge in [-0.25, -0.2) is 4.79 Å². The highest BCUT2D eigenvalue weighted by molar-refractivity contribution is 5.93. The lowest BCUT2D eigenvalue weighted by molar-refractivity contribution is 0.0527. The maximum absolute atomic E-state index is 11.8. The first kappa shape index (κ1) is 15.8. The van der Waals surface area contributed by atoms with Crippen LogP contribution in [0.4, 0.5) is 5.82 Å². The van der Waals surface area contributed by atoms with E-state index in [0.29, 0.717) is 18.7 Å². The van der Waals surface area contributed by atoms with Crippen LogP contribution in [0.2, 0.25) is 0 Å².